The highest BCUT2D eigenvalue weighted by Crippen LogP contribution is 2.32. The van der Waals surface area contributed by atoms with E-state index in [0.29, 0.717) is 6.04 Å². The van der Waals surface area contributed by atoms with Crippen LogP contribution in [0.3, 0.4) is 0 Å². The molecule has 0 amide bonds. The van der Waals surface area contributed by atoms with Crippen LogP contribution in [-0.2, 0) is 13.0 Å². The molecule has 0 aliphatic carbocycles. The molecule has 104 valence electrons. The second-order valence-electron chi connectivity index (χ2n) is 5.59. The molecule has 3 rings (SSSR count). The Kier molecular flexibility index (Phi) is 3.70. The summed E-state index contributed by atoms with van der Waals surface area (Å²) in [6, 6.07) is 13.4. The van der Waals surface area contributed by atoms with Crippen molar-refractivity contribution in [3.8, 4) is 0 Å². The van der Waals surface area contributed by atoms with Gasteiger partial charge in [0.1, 0.15) is 5.82 Å². The summed E-state index contributed by atoms with van der Waals surface area (Å²) in [6.07, 6.45) is 3.08. The minimum Gasteiger partial charge on any atom is -0.326 e. The molecule has 0 bridgehead atoms. The zero-order valence-electron chi connectivity index (χ0n) is 12.1. The third kappa shape index (κ3) is 2.68. The van der Waals surface area contributed by atoms with E-state index >= 15 is 0 Å². The van der Waals surface area contributed by atoms with Crippen LogP contribution in [-0.4, -0.2) is 17.6 Å². The third-order valence-electron chi connectivity index (χ3n) is 3.69. The molecule has 2 aromatic rings. The molecular formula is C17H21N3. The number of nitrogens with zero attached hydrogens (tertiary/aromatic N) is 2. The van der Waals surface area contributed by atoms with Crippen molar-refractivity contribution in [1.29, 1.82) is 0 Å². The fraction of sp³-hybridized carbons (Fsp3) is 0.353. The molecule has 3 nitrogen and oxygen atoms in total. The highest BCUT2D eigenvalue weighted by molar-refractivity contribution is 5.67. The van der Waals surface area contributed by atoms with Crippen LogP contribution in [0, 0.1) is 0 Å². The van der Waals surface area contributed by atoms with Gasteiger partial charge in [-0.2, -0.15) is 0 Å². The summed E-state index contributed by atoms with van der Waals surface area (Å²) in [5.74, 6) is 1.04. The summed E-state index contributed by atoms with van der Waals surface area (Å²) >= 11 is 0. The van der Waals surface area contributed by atoms with Crippen molar-refractivity contribution in [3.05, 3.63) is 53.7 Å². The summed E-state index contributed by atoms with van der Waals surface area (Å²) < 4.78 is 0. The monoisotopic (exact) mass is 267 g/mol. The summed E-state index contributed by atoms with van der Waals surface area (Å²) in [4.78, 5) is 6.92. The Morgan fingerprint density at radius 1 is 1.20 bits per heavy atom. The molecule has 1 aromatic carbocycles. The van der Waals surface area contributed by atoms with Crippen molar-refractivity contribution < 1.29 is 0 Å². The van der Waals surface area contributed by atoms with Crippen LogP contribution in [0.1, 0.15) is 25.0 Å². The number of pyridine rings is 1. The quantitative estimate of drug-likeness (QED) is 0.921. The predicted molar refractivity (Wildman–Crippen MR) is 83.4 cm³/mol. The van der Waals surface area contributed by atoms with Gasteiger partial charge in [-0.3, -0.25) is 0 Å². The largest absolute Gasteiger partial charge is 0.326 e. The first kappa shape index (κ1) is 13.1. The van der Waals surface area contributed by atoms with Crippen LogP contribution in [0.25, 0.3) is 0 Å². The Morgan fingerprint density at radius 2 is 2.05 bits per heavy atom. The second kappa shape index (κ2) is 5.63. The number of hydrogen-bond acceptors (Lipinski definition) is 3. The smallest absolute Gasteiger partial charge is 0.132 e. The Bertz CT molecular complexity index is 575. The minimum absolute atomic E-state index is 0.500. The average molecular weight is 267 g/mol. The number of anilines is 2. The van der Waals surface area contributed by atoms with E-state index in [2.05, 4.69) is 65.4 Å². The Morgan fingerprint density at radius 3 is 2.80 bits per heavy atom. The second-order valence-corrected chi connectivity index (χ2v) is 5.59. The lowest BCUT2D eigenvalue weighted by Gasteiger charge is -2.18. The first-order valence-corrected chi connectivity index (χ1v) is 7.28. The molecule has 1 aliphatic rings. The molecule has 1 N–H and O–H groups in total. The maximum atomic E-state index is 4.62. The Labute approximate surface area is 120 Å². The van der Waals surface area contributed by atoms with Crippen molar-refractivity contribution >= 4 is 11.5 Å². The van der Waals surface area contributed by atoms with Crippen LogP contribution in [0.5, 0.6) is 0 Å². The van der Waals surface area contributed by atoms with Crippen molar-refractivity contribution in [2.24, 2.45) is 0 Å². The number of nitrogens with one attached hydrogen (secondary N) is 1. The van der Waals surface area contributed by atoms with Gasteiger partial charge in [-0.05, 0) is 29.7 Å². The van der Waals surface area contributed by atoms with Gasteiger partial charge in [-0.15, -0.1) is 0 Å². The fourth-order valence-electron chi connectivity index (χ4n) is 2.58. The number of fused-ring (bicyclic) bond motifs is 1. The maximum Gasteiger partial charge on any atom is 0.132 e. The van der Waals surface area contributed by atoms with Crippen LogP contribution in [0.4, 0.5) is 11.5 Å². The molecule has 20 heavy (non-hydrogen) atoms. The van der Waals surface area contributed by atoms with Gasteiger partial charge in [0.05, 0.1) is 0 Å². The van der Waals surface area contributed by atoms with Crippen LogP contribution < -0.4 is 10.2 Å². The van der Waals surface area contributed by atoms with E-state index in [9.17, 15) is 0 Å². The SMILES string of the molecule is CC(C)NCc1ccc(N2CCc3ccccc32)nc1. The van der Waals surface area contributed by atoms with Crippen molar-refractivity contribution in [2.75, 3.05) is 11.4 Å². The average Bonchev–Trinajstić information content (AvgIpc) is 2.89. The minimum atomic E-state index is 0.500. The van der Waals surface area contributed by atoms with Crippen LogP contribution in [0.15, 0.2) is 42.6 Å². The van der Waals surface area contributed by atoms with Gasteiger partial charge in [-0.25, -0.2) is 4.98 Å². The molecule has 2 heterocycles. The van der Waals surface area contributed by atoms with Gasteiger partial charge < -0.3 is 10.2 Å². The van der Waals surface area contributed by atoms with Crippen LogP contribution in [0.2, 0.25) is 0 Å². The van der Waals surface area contributed by atoms with Gasteiger partial charge in [-0.1, -0.05) is 38.1 Å². The third-order valence-corrected chi connectivity index (χ3v) is 3.69. The van der Waals surface area contributed by atoms with Crippen molar-refractivity contribution in [2.45, 2.75) is 32.9 Å². The van der Waals surface area contributed by atoms with E-state index in [1.165, 1.54) is 16.8 Å². The topological polar surface area (TPSA) is 28.2 Å². The standard InChI is InChI=1S/C17H21N3/c1-13(2)18-11-14-7-8-17(19-12-14)20-10-9-15-5-3-4-6-16(15)20/h3-8,12-13,18H,9-11H2,1-2H3. The summed E-state index contributed by atoms with van der Waals surface area (Å²) in [5.41, 5.74) is 3.95. The molecule has 1 aromatic heterocycles. The number of rotatable bonds is 4. The lowest BCUT2D eigenvalue weighted by atomic mass is 10.2. The molecule has 0 saturated carbocycles. The van der Waals surface area contributed by atoms with E-state index in [1.807, 2.05) is 6.20 Å². The Balaban J connectivity index is 1.76. The van der Waals surface area contributed by atoms with E-state index in [1.54, 1.807) is 0 Å². The van der Waals surface area contributed by atoms with E-state index < -0.39 is 0 Å². The van der Waals surface area contributed by atoms with Crippen molar-refractivity contribution in [1.82, 2.24) is 10.3 Å². The molecule has 0 radical (unpaired) electrons. The van der Waals surface area contributed by atoms with Gasteiger partial charge in [0.15, 0.2) is 0 Å². The van der Waals surface area contributed by atoms with Crippen molar-refractivity contribution in [3.63, 3.8) is 0 Å². The van der Waals surface area contributed by atoms with Gasteiger partial charge in [0, 0.05) is 31.0 Å². The number of hydrogen-bond donors (Lipinski definition) is 1. The lowest BCUT2D eigenvalue weighted by Crippen LogP contribution is -2.22. The normalized spacial score (nSPS) is 13.8. The fourth-order valence-corrected chi connectivity index (χ4v) is 2.58. The molecule has 0 unspecified atom stereocenters. The molecule has 1 aliphatic heterocycles. The number of benzene rings is 1. The molecule has 0 fully saturated rings. The van der Waals surface area contributed by atoms with Crippen LogP contribution >= 0.6 is 0 Å². The van der Waals surface area contributed by atoms with Gasteiger partial charge >= 0.3 is 0 Å². The summed E-state index contributed by atoms with van der Waals surface area (Å²) in [5, 5.41) is 3.41. The zero-order chi connectivity index (χ0) is 13.9. The van der Waals surface area contributed by atoms with E-state index in [4.69, 9.17) is 0 Å². The molecule has 0 saturated heterocycles. The molecular weight excluding hydrogens is 246 g/mol. The first-order chi connectivity index (χ1) is 9.74. The summed E-state index contributed by atoms with van der Waals surface area (Å²) in [7, 11) is 0. The predicted octanol–water partition coefficient (Wildman–Crippen LogP) is 3.27. The van der Waals surface area contributed by atoms with E-state index in [-0.39, 0.29) is 0 Å². The van der Waals surface area contributed by atoms with Gasteiger partial charge in [0.2, 0.25) is 0 Å². The molecule has 0 spiro atoms. The first-order valence-electron chi connectivity index (χ1n) is 7.28. The number of para-hydroxylation sites is 1. The molecule has 0 atom stereocenters. The summed E-state index contributed by atoms with van der Waals surface area (Å²) in [6.45, 7) is 6.21. The molecule has 3 heteroatoms. The van der Waals surface area contributed by atoms with Gasteiger partial charge in [0.25, 0.3) is 0 Å². The highest BCUT2D eigenvalue weighted by atomic mass is 15.2. The lowest BCUT2D eigenvalue weighted by molar-refractivity contribution is 0.588. The number of aromatic nitrogens is 1. The zero-order valence-corrected chi connectivity index (χ0v) is 12.1. The Hall–Kier alpha value is -1.87. The highest BCUT2D eigenvalue weighted by Gasteiger charge is 2.20. The van der Waals surface area contributed by atoms with E-state index in [0.717, 1.165) is 25.3 Å². The maximum absolute atomic E-state index is 4.62.